The smallest absolute Gasteiger partial charge is 0.291 e. The number of carbonyl (C=O) groups is 1. The summed E-state index contributed by atoms with van der Waals surface area (Å²) in [5.41, 5.74) is 5.44. The summed E-state index contributed by atoms with van der Waals surface area (Å²) in [6.45, 7) is 8.03. The van der Waals surface area contributed by atoms with Gasteiger partial charge in [-0.05, 0) is 50.6 Å². The van der Waals surface area contributed by atoms with Crippen molar-refractivity contribution >= 4 is 17.8 Å². The Bertz CT molecular complexity index is 920. The standard InChI is InChI=1S/C20H23N5O2/c1-4-25(5-2)16-9-7-15(8-10-16)13-21-24-20(26)18-12-17(22-23-18)19-11-6-14(3)27-19/h6-13H,4-5H2,1-3H3,(H,22,23)(H,24,26)/b21-13+. The van der Waals surface area contributed by atoms with E-state index in [0.29, 0.717) is 11.5 Å². The lowest BCUT2D eigenvalue weighted by Crippen LogP contribution is -2.21. The highest BCUT2D eigenvalue weighted by Crippen LogP contribution is 2.20. The van der Waals surface area contributed by atoms with Gasteiger partial charge >= 0.3 is 0 Å². The van der Waals surface area contributed by atoms with E-state index in [0.717, 1.165) is 24.4 Å². The SMILES string of the molecule is CCN(CC)c1ccc(/C=N/NC(=O)c2cc(-c3ccc(C)o3)[nH]n2)cc1. The lowest BCUT2D eigenvalue weighted by molar-refractivity contribution is 0.0950. The molecule has 0 spiro atoms. The number of nitrogens with zero attached hydrogens (tertiary/aromatic N) is 3. The average Bonchev–Trinajstić information content (AvgIpc) is 3.33. The van der Waals surface area contributed by atoms with Gasteiger partial charge < -0.3 is 9.32 Å². The zero-order chi connectivity index (χ0) is 19.2. The Hall–Kier alpha value is -3.35. The predicted octanol–water partition coefficient (Wildman–Crippen LogP) is 3.59. The van der Waals surface area contributed by atoms with E-state index < -0.39 is 5.91 Å². The van der Waals surface area contributed by atoms with E-state index >= 15 is 0 Å². The van der Waals surface area contributed by atoms with Gasteiger partial charge in [0, 0.05) is 24.8 Å². The van der Waals surface area contributed by atoms with E-state index in [2.05, 4.69) is 39.5 Å². The first-order valence-electron chi connectivity index (χ1n) is 8.91. The van der Waals surface area contributed by atoms with Crippen LogP contribution in [0, 0.1) is 6.92 Å². The Morgan fingerprint density at radius 1 is 1.22 bits per heavy atom. The third kappa shape index (κ3) is 4.44. The van der Waals surface area contributed by atoms with Crippen LogP contribution in [0.25, 0.3) is 11.5 Å². The molecule has 140 valence electrons. The number of H-pyrrole nitrogens is 1. The van der Waals surface area contributed by atoms with Crippen LogP contribution in [0.3, 0.4) is 0 Å². The normalized spacial score (nSPS) is 11.1. The molecule has 0 saturated heterocycles. The number of nitrogens with one attached hydrogen (secondary N) is 2. The maximum Gasteiger partial charge on any atom is 0.291 e. The van der Waals surface area contributed by atoms with Gasteiger partial charge in [0.2, 0.25) is 0 Å². The van der Waals surface area contributed by atoms with Gasteiger partial charge in [-0.1, -0.05) is 12.1 Å². The molecule has 7 nitrogen and oxygen atoms in total. The van der Waals surface area contributed by atoms with E-state index in [-0.39, 0.29) is 5.69 Å². The monoisotopic (exact) mass is 365 g/mol. The van der Waals surface area contributed by atoms with Crippen LogP contribution in [-0.2, 0) is 0 Å². The largest absolute Gasteiger partial charge is 0.460 e. The van der Waals surface area contributed by atoms with E-state index in [1.807, 2.05) is 43.3 Å². The second kappa shape index (κ2) is 8.35. The Morgan fingerprint density at radius 2 is 1.96 bits per heavy atom. The second-order valence-electron chi connectivity index (χ2n) is 6.04. The number of hydrazone groups is 1. The highest BCUT2D eigenvalue weighted by atomic mass is 16.3. The van der Waals surface area contributed by atoms with Crippen molar-refractivity contribution in [2.75, 3.05) is 18.0 Å². The number of carbonyl (C=O) groups excluding carboxylic acids is 1. The molecular formula is C20H23N5O2. The molecule has 1 amide bonds. The fourth-order valence-corrected chi connectivity index (χ4v) is 2.73. The highest BCUT2D eigenvalue weighted by Gasteiger charge is 2.12. The third-order valence-electron chi connectivity index (χ3n) is 4.22. The minimum absolute atomic E-state index is 0.244. The van der Waals surface area contributed by atoms with Gasteiger partial charge in [0.25, 0.3) is 5.91 Å². The summed E-state index contributed by atoms with van der Waals surface area (Å²) in [6.07, 6.45) is 1.60. The number of furan rings is 1. The Balaban J connectivity index is 1.59. The van der Waals surface area contributed by atoms with Crippen molar-refractivity contribution in [3.05, 3.63) is 59.5 Å². The summed E-state index contributed by atoms with van der Waals surface area (Å²) in [7, 11) is 0. The summed E-state index contributed by atoms with van der Waals surface area (Å²) in [5.74, 6) is 1.04. The van der Waals surface area contributed by atoms with Gasteiger partial charge in [0.05, 0.1) is 6.21 Å². The Morgan fingerprint density at radius 3 is 2.59 bits per heavy atom. The van der Waals surface area contributed by atoms with Gasteiger partial charge in [-0.25, -0.2) is 5.43 Å². The van der Waals surface area contributed by atoms with Crippen LogP contribution >= 0.6 is 0 Å². The van der Waals surface area contributed by atoms with Crippen LogP contribution in [-0.4, -0.2) is 35.4 Å². The molecule has 2 heterocycles. The van der Waals surface area contributed by atoms with Crippen molar-refractivity contribution in [2.45, 2.75) is 20.8 Å². The average molecular weight is 365 g/mol. The van der Waals surface area contributed by atoms with Crippen molar-refractivity contribution < 1.29 is 9.21 Å². The van der Waals surface area contributed by atoms with Crippen LogP contribution in [0.15, 0.2) is 52.0 Å². The van der Waals surface area contributed by atoms with E-state index in [9.17, 15) is 4.79 Å². The highest BCUT2D eigenvalue weighted by molar-refractivity contribution is 5.94. The van der Waals surface area contributed by atoms with Crippen molar-refractivity contribution in [1.29, 1.82) is 0 Å². The van der Waals surface area contributed by atoms with Crippen LogP contribution in [0.4, 0.5) is 5.69 Å². The molecule has 1 aromatic carbocycles. The molecule has 0 aliphatic carbocycles. The fourth-order valence-electron chi connectivity index (χ4n) is 2.73. The minimum Gasteiger partial charge on any atom is -0.460 e. The van der Waals surface area contributed by atoms with Crippen molar-refractivity contribution in [1.82, 2.24) is 15.6 Å². The van der Waals surface area contributed by atoms with Gasteiger partial charge in [0.1, 0.15) is 11.5 Å². The zero-order valence-electron chi connectivity index (χ0n) is 15.7. The second-order valence-corrected chi connectivity index (χ2v) is 6.04. The first-order valence-corrected chi connectivity index (χ1v) is 8.91. The third-order valence-corrected chi connectivity index (χ3v) is 4.22. The molecule has 0 atom stereocenters. The molecule has 0 unspecified atom stereocenters. The van der Waals surface area contributed by atoms with E-state index in [1.54, 1.807) is 12.3 Å². The van der Waals surface area contributed by atoms with Crippen LogP contribution in [0.5, 0.6) is 0 Å². The van der Waals surface area contributed by atoms with Crippen molar-refractivity contribution in [3.63, 3.8) is 0 Å². The molecule has 7 heteroatoms. The molecule has 0 fully saturated rings. The van der Waals surface area contributed by atoms with Crippen molar-refractivity contribution in [2.24, 2.45) is 5.10 Å². The number of amides is 1. The quantitative estimate of drug-likeness (QED) is 0.495. The van der Waals surface area contributed by atoms with Gasteiger partial charge in [0.15, 0.2) is 11.5 Å². The molecule has 0 saturated carbocycles. The molecule has 2 aromatic heterocycles. The summed E-state index contributed by atoms with van der Waals surface area (Å²) in [6, 6.07) is 13.3. The van der Waals surface area contributed by atoms with Crippen LogP contribution in [0.1, 0.15) is 35.7 Å². The molecular weight excluding hydrogens is 342 g/mol. The van der Waals surface area contributed by atoms with Gasteiger partial charge in [-0.3, -0.25) is 9.89 Å². The van der Waals surface area contributed by atoms with Gasteiger partial charge in [-0.15, -0.1) is 0 Å². The molecule has 3 aromatic rings. The summed E-state index contributed by atoms with van der Waals surface area (Å²) in [4.78, 5) is 14.4. The van der Waals surface area contributed by atoms with Crippen molar-refractivity contribution in [3.8, 4) is 11.5 Å². The number of aromatic nitrogens is 2. The fraction of sp³-hybridized carbons (Fsp3) is 0.250. The molecule has 0 bridgehead atoms. The number of benzene rings is 1. The number of hydrogen-bond donors (Lipinski definition) is 2. The molecule has 0 aliphatic rings. The number of aromatic amines is 1. The minimum atomic E-state index is -0.392. The maximum absolute atomic E-state index is 12.2. The molecule has 3 rings (SSSR count). The summed E-state index contributed by atoms with van der Waals surface area (Å²) < 4.78 is 5.51. The van der Waals surface area contributed by atoms with Crippen LogP contribution < -0.4 is 10.3 Å². The first kappa shape index (κ1) is 18.4. The van der Waals surface area contributed by atoms with E-state index in [4.69, 9.17) is 4.42 Å². The Kier molecular flexibility index (Phi) is 5.71. The Labute approximate surface area is 158 Å². The summed E-state index contributed by atoms with van der Waals surface area (Å²) >= 11 is 0. The molecule has 2 N–H and O–H groups in total. The lowest BCUT2D eigenvalue weighted by atomic mass is 10.2. The molecule has 0 radical (unpaired) electrons. The number of rotatable bonds is 7. The molecule has 27 heavy (non-hydrogen) atoms. The first-order chi connectivity index (χ1) is 13.1. The number of hydrogen-bond acceptors (Lipinski definition) is 5. The summed E-state index contributed by atoms with van der Waals surface area (Å²) in [5, 5.41) is 10.8. The maximum atomic E-state index is 12.2. The van der Waals surface area contributed by atoms with Crippen LogP contribution in [0.2, 0.25) is 0 Å². The zero-order valence-corrected chi connectivity index (χ0v) is 15.7. The topological polar surface area (TPSA) is 86.5 Å². The lowest BCUT2D eigenvalue weighted by Gasteiger charge is -2.20. The molecule has 0 aliphatic heterocycles. The predicted molar refractivity (Wildman–Crippen MR) is 106 cm³/mol. The number of anilines is 1. The van der Waals surface area contributed by atoms with Gasteiger partial charge in [-0.2, -0.15) is 10.2 Å². The number of aryl methyl sites for hydroxylation is 1. The van der Waals surface area contributed by atoms with E-state index in [1.165, 1.54) is 5.69 Å².